The van der Waals surface area contributed by atoms with Crippen LogP contribution in [-0.2, 0) is 16.5 Å². The average molecular weight is 348 g/mol. The Morgan fingerprint density at radius 3 is 2.17 bits per heavy atom. The fourth-order valence-corrected chi connectivity index (χ4v) is 4.02. The van der Waals surface area contributed by atoms with Crippen LogP contribution in [0.4, 0.5) is 0 Å². The summed E-state index contributed by atoms with van der Waals surface area (Å²) in [6.45, 7) is 2.29. The third kappa shape index (κ3) is 9.25. The predicted octanol–water partition coefficient (Wildman–Crippen LogP) is 4.96. The zero-order valence-corrected chi connectivity index (χ0v) is 17.4. The predicted molar refractivity (Wildman–Crippen MR) is 96.7 cm³/mol. The molecule has 1 unspecified atom stereocenters. The van der Waals surface area contributed by atoms with Gasteiger partial charge in [0, 0.05) is 0 Å². The van der Waals surface area contributed by atoms with E-state index in [9.17, 15) is 13.0 Å². The van der Waals surface area contributed by atoms with Crippen molar-refractivity contribution in [2.75, 3.05) is 0 Å². The van der Waals surface area contributed by atoms with E-state index in [0.29, 0.717) is 6.42 Å². The first-order valence-corrected chi connectivity index (χ1v) is 11.6. The van der Waals surface area contributed by atoms with Gasteiger partial charge in [0.05, 0.1) is 0 Å². The Bertz CT molecular complexity index is 543. The number of hydrogen-bond donors (Lipinski definition) is 1. The summed E-state index contributed by atoms with van der Waals surface area (Å²) < 4.78 is 32.9. The Morgan fingerprint density at radius 1 is 1.00 bits per heavy atom. The summed E-state index contributed by atoms with van der Waals surface area (Å²) in [5, 5.41) is 0. The molecule has 0 saturated heterocycles. The minimum Gasteiger partial charge on any atom is -0.282 e. The van der Waals surface area contributed by atoms with Gasteiger partial charge in [-0.05, 0) is 6.07 Å². The SMILES string of the molecule is CC[CH]([Na])CCCCCCCCCc1ccccc1S(=O)(=O)O. The summed E-state index contributed by atoms with van der Waals surface area (Å²) in [4.78, 5) is 0.0635. The fourth-order valence-electron chi connectivity index (χ4n) is 2.86. The normalized spacial score (nSPS) is 13.2. The van der Waals surface area contributed by atoms with E-state index >= 15 is 0 Å². The first-order chi connectivity index (χ1) is 10.9. The second-order valence-corrected chi connectivity index (χ2v) is 9.63. The molecule has 23 heavy (non-hydrogen) atoms. The minimum atomic E-state index is -4.10. The van der Waals surface area contributed by atoms with Crippen molar-refractivity contribution in [2.45, 2.75) is 79.2 Å². The molecule has 5 heteroatoms. The van der Waals surface area contributed by atoms with Crippen LogP contribution in [-0.4, -0.2) is 40.9 Å². The number of rotatable bonds is 12. The molecular formula is C18H29NaO3S. The Morgan fingerprint density at radius 2 is 1.57 bits per heavy atom. The summed E-state index contributed by atoms with van der Waals surface area (Å²) in [5.41, 5.74) is 0.729. The Hall–Kier alpha value is 0.130. The van der Waals surface area contributed by atoms with Crippen molar-refractivity contribution in [3.63, 3.8) is 0 Å². The Balaban J connectivity index is 2.15. The van der Waals surface area contributed by atoms with E-state index in [1.165, 1.54) is 78.9 Å². The van der Waals surface area contributed by atoms with Crippen molar-refractivity contribution in [3.8, 4) is 0 Å². The smallest absolute Gasteiger partial charge is 0.282 e. The van der Waals surface area contributed by atoms with Crippen LogP contribution in [0.1, 0.15) is 70.3 Å². The first kappa shape index (κ1) is 21.2. The number of hydrogen-bond acceptors (Lipinski definition) is 2. The van der Waals surface area contributed by atoms with E-state index < -0.39 is 10.1 Å². The van der Waals surface area contributed by atoms with Gasteiger partial charge < -0.3 is 0 Å². The molecule has 126 valence electrons. The van der Waals surface area contributed by atoms with Gasteiger partial charge >= 0.3 is 119 Å². The van der Waals surface area contributed by atoms with Crippen LogP contribution in [0.5, 0.6) is 0 Å². The molecule has 1 rings (SSSR count). The van der Waals surface area contributed by atoms with Gasteiger partial charge in [0.15, 0.2) is 0 Å². The van der Waals surface area contributed by atoms with Crippen molar-refractivity contribution in [2.24, 2.45) is 0 Å². The van der Waals surface area contributed by atoms with Crippen molar-refractivity contribution < 1.29 is 13.0 Å². The molecule has 0 aliphatic rings. The van der Waals surface area contributed by atoms with Crippen molar-refractivity contribution >= 4 is 38.0 Å². The van der Waals surface area contributed by atoms with Crippen LogP contribution in [0.3, 0.4) is 0 Å². The van der Waals surface area contributed by atoms with E-state index in [1.807, 2.05) is 6.07 Å². The third-order valence-electron chi connectivity index (χ3n) is 4.59. The molecule has 3 nitrogen and oxygen atoms in total. The first-order valence-electron chi connectivity index (χ1n) is 9.00. The molecule has 0 aromatic heterocycles. The van der Waals surface area contributed by atoms with Gasteiger partial charge in [-0.3, -0.25) is 4.55 Å². The molecule has 1 N–H and O–H groups in total. The summed E-state index contributed by atoms with van der Waals surface area (Å²) in [5.74, 6) is 0. The molecule has 1 aromatic carbocycles. The Kier molecular flexibility index (Phi) is 10.7. The van der Waals surface area contributed by atoms with Crippen LogP contribution in [0, 0.1) is 0 Å². The quantitative estimate of drug-likeness (QED) is 0.330. The minimum absolute atomic E-state index is 0.0635. The monoisotopic (exact) mass is 348 g/mol. The van der Waals surface area contributed by atoms with Gasteiger partial charge in [0.2, 0.25) is 0 Å². The molecule has 1 atom stereocenters. The van der Waals surface area contributed by atoms with Crippen LogP contribution in [0.25, 0.3) is 0 Å². The standard InChI is InChI=1S/C18H29O3S.Na/c1-2-3-4-5-6-7-8-9-10-11-14-17-15-12-13-16-18(17)22(19,20)21;/h3,12-13,15-16H,2,4-11,14H2,1H3,(H,19,20,21);. The maximum atomic E-state index is 11.3. The van der Waals surface area contributed by atoms with Crippen LogP contribution >= 0.6 is 0 Å². The third-order valence-corrected chi connectivity index (χ3v) is 6.94. The van der Waals surface area contributed by atoms with Gasteiger partial charge in [-0.15, -0.1) is 0 Å². The van der Waals surface area contributed by atoms with Gasteiger partial charge in [-0.1, -0.05) is 12.1 Å². The second kappa shape index (κ2) is 11.6. The van der Waals surface area contributed by atoms with Crippen molar-refractivity contribution in [1.82, 2.24) is 0 Å². The van der Waals surface area contributed by atoms with E-state index in [4.69, 9.17) is 0 Å². The van der Waals surface area contributed by atoms with E-state index in [-0.39, 0.29) is 4.90 Å². The van der Waals surface area contributed by atoms with Gasteiger partial charge in [0.1, 0.15) is 0 Å². The molecule has 0 radical (unpaired) electrons. The molecule has 0 fully saturated rings. The molecule has 1 aromatic rings. The number of unbranched alkanes of at least 4 members (excludes halogenated alkanes) is 6. The fraction of sp³-hybridized carbons (Fsp3) is 0.667. The molecule has 0 bridgehead atoms. The van der Waals surface area contributed by atoms with Crippen LogP contribution in [0.2, 0.25) is 3.17 Å². The molecule has 0 amide bonds. The Labute approximate surface area is 159 Å². The molecule has 0 aliphatic carbocycles. The van der Waals surface area contributed by atoms with Gasteiger partial charge in [-0.2, -0.15) is 8.42 Å². The zero-order chi connectivity index (χ0) is 17.1. The van der Waals surface area contributed by atoms with Crippen molar-refractivity contribution in [3.05, 3.63) is 29.8 Å². The van der Waals surface area contributed by atoms with E-state index in [2.05, 4.69) is 6.92 Å². The summed E-state index contributed by atoms with van der Waals surface area (Å²) in [6, 6.07) is 6.74. The van der Waals surface area contributed by atoms with Crippen LogP contribution in [0.15, 0.2) is 29.2 Å². The van der Waals surface area contributed by atoms with Gasteiger partial charge in [0.25, 0.3) is 10.1 Å². The van der Waals surface area contributed by atoms with Crippen LogP contribution < -0.4 is 0 Å². The summed E-state index contributed by atoms with van der Waals surface area (Å²) >= 11 is 1.33. The molecule has 0 saturated carbocycles. The van der Waals surface area contributed by atoms with Crippen molar-refractivity contribution in [1.29, 1.82) is 0 Å². The maximum absolute atomic E-state index is 11.3. The van der Waals surface area contributed by atoms with E-state index in [1.54, 1.807) is 12.1 Å². The molecule has 0 spiro atoms. The summed E-state index contributed by atoms with van der Waals surface area (Å²) in [6.07, 6.45) is 12.1. The summed E-state index contributed by atoms with van der Waals surface area (Å²) in [7, 11) is -4.10. The zero-order valence-electron chi connectivity index (χ0n) is 14.6. The molecule has 0 aliphatic heterocycles. The molecule has 0 heterocycles. The van der Waals surface area contributed by atoms with E-state index in [0.717, 1.165) is 21.6 Å². The number of aryl methyl sites for hydroxylation is 1. The number of benzene rings is 1. The molecular weight excluding hydrogens is 319 g/mol. The second-order valence-electron chi connectivity index (χ2n) is 6.61. The average Bonchev–Trinajstić information content (AvgIpc) is 2.52. The van der Waals surface area contributed by atoms with Gasteiger partial charge in [-0.25, -0.2) is 0 Å². The topological polar surface area (TPSA) is 54.4 Å².